The van der Waals surface area contributed by atoms with Crippen molar-refractivity contribution < 1.29 is 9.47 Å². The van der Waals surface area contributed by atoms with Crippen LogP contribution in [0.5, 0.6) is 23.0 Å². The summed E-state index contributed by atoms with van der Waals surface area (Å²) < 4.78 is 17.6. The lowest BCUT2D eigenvalue weighted by atomic mass is 9.31. The number of fused-ring (bicyclic) bond motifs is 11. The molecule has 7 nitrogen and oxygen atoms in total. The third kappa shape index (κ3) is 7.66. The molecule has 0 radical (unpaired) electrons. The van der Waals surface area contributed by atoms with Crippen molar-refractivity contribution in [1.82, 2.24) is 4.57 Å². The first-order valence-electron chi connectivity index (χ1n) is 29.8. The predicted octanol–water partition coefficient (Wildman–Crippen LogP) is 16.5. The summed E-state index contributed by atoms with van der Waals surface area (Å²) in [6.45, 7) is -0.428. The van der Waals surface area contributed by atoms with Gasteiger partial charge in [-0.25, -0.2) is 0 Å². The van der Waals surface area contributed by atoms with Crippen molar-refractivity contribution >= 4 is 136 Å². The lowest BCUT2D eigenvalue weighted by Gasteiger charge is -2.43. The van der Waals surface area contributed by atoms with Crippen LogP contribution in [0.4, 0.5) is 68.2 Å². The zero-order chi connectivity index (χ0) is 57.1. The Morgan fingerprint density at radius 2 is 0.667 bits per heavy atom. The van der Waals surface area contributed by atoms with E-state index in [0.717, 1.165) is 130 Å². The van der Waals surface area contributed by atoms with Crippen molar-refractivity contribution in [3.8, 4) is 28.7 Å². The van der Waals surface area contributed by atoms with Gasteiger partial charge in [0.2, 0.25) is 0 Å². The van der Waals surface area contributed by atoms with E-state index >= 15 is 0 Å². The third-order valence-corrected chi connectivity index (χ3v) is 18.0. The van der Waals surface area contributed by atoms with Crippen LogP contribution < -0.4 is 61.9 Å². The number of aromatic nitrogens is 1. The summed E-state index contributed by atoms with van der Waals surface area (Å²) in [7, 11) is 0. The van der Waals surface area contributed by atoms with Crippen LogP contribution in [0.25, 0.3) is 27.5 Å². The number of ether oxygens (including phenoxy) is 2. The van der Waals surface area contributed by atoms with Crippen molar-refractivity contribution in [1.29, 1.82) is 0 Å². The molecule has 87 heavy (non-hydrogen) atoms. The maximum Gasteiger partial charge on any atom is 0.256 e. The fraction of sp³-hybridized carbons (Fsp3) is 0. The van der Waals surface area contributed by atoms with E-state index < -0.39 is 0 Å². The summed E-state index contributed by atoms with van der Waals surface area (Å²) in [5.74, 6) is 3.25. The molecular weight excluding hydrogens is 1060 g/mol. The summed E-state index contributed by atoms with van der Waals surface area (Å²) in [6, 6.07) is 112. The van der Waals surface area contributed by atoms with Gasteiger partial charge in [-0.05, 0) is 142 Å². The molecule has 0 unspecified atom stereocenters. The average molecular weight is 1110 g/mol. The first-order chi connectivity index (χ1) is 43.2. The van der Waals surface area contributed by atoms with Gasteiger partial charge in [0, 0.05) is 97.6 Å². The van der Waals surface area contributed by atoms with E-state index in [-0.39, 0.29) is 13.4 Å². The molecule has 0 N–H and O–H groups in total. The van der Waals surface area contributed by atoms with Crippen molar-refractivity contribution in [2.24, 2.45) is 0 Å². The molecule has 406 valence electrons. The number of nitrogens with zero attached hydrogens (tertiary/aromatic N) is 5. The minimum atomic E-state index is -0.240. The highest BCUT2D eigenvalue weighted by Gasteiger charge is 2.47. The molecule has 0 spiro atoms. The molecule has 4 aliphatic rings. The maximum atomic E-state index is 7.69. The van der Waals surface area contributed by atoms with Gasteiger partial charge in [-0.1, -0.05) is 176 Å². The molecule has 13 aromatic carbocycles. The monoisotopic (exact) mass is 1110 g/mol. The second kappa shape index (κ2) is 19.6. The van der Waals surface area contributed by atoms with Crippen LogP contribution in [0.3, 0.4) is 0 Å². The quantitative estimate of drug-likeness (QED) is 0.134. The van der Waals surface area contributed by atoms with Crippen LogP contribution in [0.15, 0.2) is 309 Å². The second-order valence-electron chi connectivity index (χ2n) is 22.8. The van der Waals surface area contributed by atoms with Gasteiger partial charge in [0.1, 0.15) is 23.0 Å². The fourth-order valence-corrected chi connectivity index (χ4v) is 14.4. The first-order valence-corrected chi connectivity index (χ1v) is 29.8. The number of hydrogen-bond donors (Lipinski definition) is 0. The Kier molecular flexibility index (Phi) is 11.0. The van der Waals surface area contributed by atoms with Gasteiger partial charge in [-0.2, -0.15) is 0 Å². The highest BCUT2D eigenvalue weighted by molar-refractivity contribution is 7.02. The van der Waals surface area contributed by atoms with Crippen LogP contribution in [-0.2, 0) is 0 Å². The lowest BCUT2D eigenvalue weighted by molar-refractivity contribution is 0.487. The summed E-state index contributed by atoms with van der Waals surface area (Å²) in [5.41, 5.74) is 22.6. The average Bonchev–Trinajstić information content (AvgIpc) is 1.41. The minimum Gasteiger partial charge on any atom is -0.458 e. The molecule has 4 aliphatic heterocycles. The standard InChI is InChI=1S/C78H51B2N5O2/c1-7-25-52(26-8-1)81(53-27-9-2-10-28-53)59-45-71-77-75(48-59)87-74-51-70-65(50-66(74)79(77)63-39-21-24-42-69(63)83(71)56-33-15-5-16-34-56)80-64-44-43-58(85-67-40-22-19-37-61(67)62-38-20-23-41-68(62)85)47-73(64)86-76-49-60(46-72(78(76)80)84(70)57-35-17-6-18-36-57)82(54-29-11-3-12-30-54)55-31-13-4-14-32-55/h1-51H. The zero-order valence-corrected chi connectivity index (χ0v) is 47.2. The molecule has 0 aliphatic carbocycles. The summed E-state index contributed by atoms with van der Waals surface area (Å²) in [4.78, 5) is 9.56. The number of benzene rings is 13. The Hall–Kier alpha value is -11.4. The fourth-order valence-electron chi connectivity index (χ4n) is 14.4. The normalized spacial score (nSPS) is 12.9. The first kappa shape index (κ1) is 49.1. The molecule has 0 saturated carbocycles. The smallest absolute Gasteiger partial charge is 0.256 e. The van der Waals surface area contributed by atoms with Gasteiger partial charge in [0.05, 0.1) is 22.4 Å². The van der Waals surface area contributed by atoms with Crippen LogP contribution in [0.2, 0.25) is 0 Å². The molecule has 9 heteroatoms. The van der Waals surface area contributed by atoms with Crippen LogP contribution >= 0.6 is 0 Å². The molecule has 0 amide bonds. The Labute approximate surface area is 505 Å². The van der Waals surface area contributed by atoms with E-state index in [1.807, 2.05) is 0 Å². The van der Waals surface area contributed by atoms with Crippen molar-refractivity contribution in [3.05, 3.63) is 309 Å². The van der Waals surface area contributed by atoms with Gasteiger partial charge in [0.25, 0.3) is 13.4 Å². The van der Waals surface area contributed by atoms with E-state index in [2.05, 4.69) is 334 Å². The van der Waals surface area contributed by atoms with Gasteiger partial charge >= 0.3 is 0 Å². The number of hydrogen-bond acceptors (Lipinski definition) is 6. The molecule has 18 rings (SSSR count). The van der Waals surface area contributed by atoms with E-state index in [4.69, 9.17) is 9.47 Å². The SMILES string of the molecule is c1ccc(N(c2ccccc2)c2cc3c4c(c2)N(c2ccccc2)c2ccccc2B4c2cc4c(cc2O3)N(c2ccccc2)c2cc(N(c3ccccc3)c3ccccc3)cc3c2B4c2ccc(-n4c5ccccc5c5ccccc54)cc2O3)cc1. The van der Waals surface area contributed by atoms with Crippen LogP contribution in [0, 0.1) is 0 Å². The molecule has 0 bridgehead atoms. The summed E-state index contributed by atoms with van der Waals surface area (Å²) in [5, 5.41) is 2.42. The summed E-state index contributed by atoms with van der Waals surface area (Å²) >= 11 is 0. The highest BCUT2D eigenvalue weighted by Crippen LogP contribution is 2.50. The minimum absolute atomic E-state index is 0.188. The largest absolute Gasteiger partial charge is 0.458 e. The molecule has 14 aromatic rings. The second-order valence-corrected chi connectivity index (χ2v) is 22.8. The van der Waals surface area contributed by atoms with Gasteiger partial charge in [0.15, 0.2) is 0 Å². The topological polar surface area (TPSA) is 36.4 Å². The van der Waals surface area contributed by atoms with E-state index in [9.17, 15) is 0 Å². The van der Waals surface area contributed by atoms with Crippen LogP contribution in [0.1, 0.15) is 0 Å². The van der Waals surface area contributed by atoms with Crippen molar-refractivity contribution in [2.45, 2.75) is 0 Å². The Bertz CT molecular complexity index is 4900. The Morgan fingerprint density at radius 1 is 0.253 bits per heavy atom. The van der Waals surface area contributed by atoms with Crippen LogP contribution in [-0.4, -0.2) is 18.0 Å². The lowest BCUT2D eigenvalue weighted by Crippen LogP contribution is -2.63. The molecule has 0 fully saturated rings. The van der Waals surface area contributed by atoms with Gasteiger partial charge in [-0.15, -0.1) is 0 Å². The summed E-state index contributed by atoms with van der Waals surface area (Å²) in [6.07, 6.45) is 0. The molecule has 5 heterocycles. The van der Waals surface area contributed by atoms with Crippen molar-refractivity contribution in [3.63, 3.8) is 0 Å². The molecular formula is C78H51B2N5O2. The maximum absolute atomic E-state index is 7.69. The third-order valence-electron chi connectivity index (χ3n) is 18.0. The Balaban J connectivity index is 0.906. The number of anilines is 12. The van der Waals surface area contributed by atoms with Crippen molar-refractivity contribution in [2.75, 3.05) is 19.6 Å². The Morgan fingerprint density at radius 3 is 1.17 bits per heavy atom. The highest BCUT2D eigenvalue weighted by atomic mass is 16.5. The van der Waals surface area contributed by atoms with Gasteiger partial charge < -0.3 is 33.6 Å². The molecule has 0 saturated heterocycles. The zero-order valence-electron chi connectivity index (χ0n) is 47.2. The van der Waals surface area contributed by atoms with E-state index in [0.29, 0.717) is 0 Å². The predicted molar refractivity (Wildman–Crippen MR) is 362 cm³/mol. The van der Waals surface area contributed by atoms with E-state index in [1.54, 1.807) is 0 Å². The number of rotatable bonds is 9. The van der Waals surface area contributed by atoms with Gasteiger partial charge in [-0.3, -0.25) is 0 Å². The van der Waals surface area contributed by atoms with E-state index in [1.165, 1.54) is 21.7 Å². The molecule has 0 atom stereocenters. The molecule has 1 aromatic heterocycles. The number of para-hydroxylation sites is 9.